The van der Waals surface area contributed by atoms with Crippen molar-refractivity contribution in [1.29, 1.82) is 0 Å². The van der Waals surface area contributed by atoms with Crippen molar-refractivity contribution in [3.05, 3.63) is 65.7 Å². The Labute approximate surface area is 124 Å². The van der Waals surface area contributed by atoms with E-state index in [1.54, 1.807) is 0 Å². The number of benzene rings is 2. The largest absolute Gasteiger partial charge is 0.492 e. The highest BCUT2D eigenvalue weighted by Crippen LogP contribution is 2.08. The first-order chi connectivity index (χ1) is 10.2. The lowest BCUT2D eigenvalue weighted by Crippen LogP contribution is -2.20. The summed E-state index contributed by atoms with van der Waals surface area (Å²) in [5.41, 5.74) is 1.95. The molecule has 0 saturated heterocycles. The van der Waals surface area contributed by atoms with Gasteiger partial charge in [0.25, 0.3) is 0 Å². The van der Waals surface area contributed by atoms with Gasteiger partial charge < -0.3 is 15.2 Å². The zero-order valence-electron chi connectivity index (χ0n) is 11.8. The van der Waals surface area contributed by atoms with Gasteiger partial charge in [-0.1, -0.05) is 42.5 Å². The molecule has 2 aromatic carbocycles. The minimum Gasteiger partial charge on any atom is -0.492 e. The summed E-state index contributed by atoms with van der Waals surface area (Å²) < 4.78 is 5.58. The molecule has 4 nitrogen and oxygen atoms in total. The number of nitrogens with one attached hydrogen (secondary N) is 1. The van der Waals surface area contributed by atoms with Gasteiger partial charge in [0.1, 0.15) is 12.4 Å². The van der Waals surface area contributed by atoms with E-state index >= 15 is 0 Å². The van der Waals surface area contributed by atoms with Gasteiger partial charge in [0.15, 0.2) is 0 Å². The number of hydrogen-bond acceptors (Lipinski definition) is 3. The van der Waals surface area contributed by atoms with E-state index in [1.807, 2.05) is 54.6 Å². The van der Waals surface area contributed by atoms with Crippen LogP contribution >= 0.6 is 0 Å². The molecule has 0 heterocycles. The van der Waals surface area contributed by atoms with Gasteiger partial charge in [-0.3, -0.25) is 4.79 Å². The minimum atomic E-state index is -0.807. The van der Waals surface area contributed by atoms with Gasteiger partial charge in [-0.25, -0.2) is 0 Å². The molecule has 0 radical (unpaired) electrons. The Morgan fingerprint density at radius 1 is 1.00 bits per heavy atom. The van der Waals surface area contributed by atoms with Crippen LogP contribution in [0.2, 0.25) is 0 Å². The molecule has 0 aliphatic carbocycles. The third-order valence-corrected chi connectivity index (χ3v) is 3.00. The Kier molecular flexibility index (Phi) is 5.79. The monoisotopic (exact) mass is 285 g/mol. The summed E-state index contributed by atoms with van der Waals surface area (Å²) in [5, 5.41) is 12.0. The lowest BCUT2D eigenvalue weighted by atomic mass is 10.1. The number of ether oxygens (including phenoxy) is 1. The Hall–Kier alpha value is -2.33. The summed E-state index contributed by atoms with van der Waals surface area (Å²) in [6.07, 6.45) is 0.0681. The molecule has 0 aliphatic rings. The fraction of sp³-hybridized carbons (Fsp3) is 0.235. The van der Waals surface area contributed by atoms with Crippen LogP contribution in [0.3, 0.4) is 0 Å². The van der Waals surface area contributed by atoms with E-state index in [2.05, 4.69) is 5.32 Å². The number of carbonyl (C=O) groups is 1. The van der Waals surface area contributed by atoms with Gasteiger partial charge in [0.05, 0.1) is 6.42 Å². The highest BCUT2D eigenvalue weighted by Gasteiger charge is 2.00. The van der Waals surface area contributed by atoms with Crippen molar-refractivity contribution in [3.63, 3.8) is 0 Å². The van der Waals surface area contributed by atoms with Gasteiger partial charge in [-0.15, -0.1) is 0 Å². The van der Waals surface area contributed by atoms with Gasteiger partial charge in [0, 0.05) is 13.1 Å². The summed E-state index contributed by atoms with van der Waals surface area (Å²) in [5.74, 6) is 0.0660. The molecule has 0 amide bonds. The highest BCUT2D eigenvalue weighted by molar-refractivity contribution is 5.70. The van der Waals surface area contributed by atoms with Crippen molar-refractivity contribution in [3.8, 4) is 5.75 Å². The molecular weight excluding hydrogens is 266 g/mol. The fourth-order valence-electron chi connectivity index (χ4n) is 1.94. The first-order valence-corrected chi connectivity index (χ1v) is 6.92. The maximum atomic E-state index is 10.6. The molecule has 2 aromatic rings. The van der Waals surface area contributed by atoms with Crippen LogP contribution in [0.25, 0.3) is 0 Å². The molecule has 0 saturated carbocycles. The van der Waals surface area contributed by atoms with Gasteiger partial charge >= 0.3 is 5.97 Å². The van der Waals surface area contributed by atoms with Gasteiger partial charge in [0.2, 0.25) is 0 Å². The average molecular weight is 285 g/mol. The van der Waals surface area contributed by atoms with E-state index < -0.39 is 5.97 Å². The van der Waals surface area contributed by atoms with Crippen molar-refractivity contribution in [2.45, 2.75) is 13.0 Å². The first kappa shape index (κ1) is 15.1. The standard InChI is InChI=1S/C17H19NO3/c19-17(20)12-14-6-8-15(9-7-14)13-18-10-11-21-16-4-2-1-3-5-16/h1-9,18H,10-13H2,(H,19,20). The van der Waals surface area contributed by atoms with E-state index in [9.17, 15) is 4.79 Å². The average Bonchev–Trinajstić information content (AvgIpc) is 2.49. The quantitative estimate of drug-likeness (QED) is 0.732. The van der Waals surface area contributed by atoms with Crippen LogP contribution in [-0.2, 0) is 17.8 Å². The van der Waals surface area contributed by atoms with Crippen LogP contribution in [-0.4, -0.2) is 24.2 Å². The lowest BCUT2D eigenvalue weighted by Gasteiger charge is -2.08. The molecule has 0 bridgehead atoms. The van der Waals surface area contributed by atoms with E-state index in [0.717, 1.165) is 30.0 Å². The fourth-order valence-corrected chi connectivity index (χ4v) is 1.94. The van der Waals surface area contributed by atoms with Crippen molar-refractivity contribution in [1.82, 2.24) is 5.32 Å². The maximum absolute atomic E-state index is 10.6. The van der Waals surface area contributed by atoms with Crippen LogP contribution in [0.5, 0.6) is 5.75 Å². The first-order valence-electron chi connectivity index (χ1n) is 6.92. The molecule has 110 valence electrons. The molecule has 0 fully saturated rings. The summed E-state index contributed by atoms with van der Waals surface area (Å²) in [7, 11) is 0. The van der Waals surface area contributed by atoms with E-state index in [4.69, 9.17) is 9.84 Å². The SMILES string of the molecule is O=C(O)Cc1ccc(CNCCOc2ccccc2)cc1. The van der Waals surface area contributed by atoms with E-state index in [-0.39, 0.29) is 6.42 Å². The number of carboxylic acid groups (broad SMARTS) is 1. The second-order valence-electron chi connectivity index (χ2n) is 4.73. The molecule has 2 rings (SSSR count). The van der Waals surface area contributed by atoms with Crippen molar-refractivity contribution < 1.29 is 14.6 Å². The van der Waals surface area contributed by atoms with Crippen LogP contribution < -0.4 is 10.1 Å². The van der Waals surface area contributed by atoms with Gasteiger partial charge in [-0.05, 0) is 23.3 Å². The molecular formula is C17H19NO3. The molecule has 2 N–H and O–H groups in total. The lowest BCUT2D eigenvalue weighted by molar-refractivity contribution is -0.136. The topological polar surface area (TPSA) is 58.6 Å². The Morgan fingerprint density at radius 2 is 1.67 bits per heavy atom. The molecule has 21 heavy (non-hydrogen) atoms. The van der Waals surface area contributed by atoms with Crippen LogP contribution in [0, 0.1) is 0 Å². The number of hydrogen-bond donors (Lipinski definition) is 2. The zero-order chi connectivity index (χ0) is 14.9. The van der Waals surface area contributed by atoms with E-state index in [0.29, 0.717) is 6.61 Å². The molecule has 0 atom stereocenters. The molecule has 4 heteroatoms. The smallest absolute Gasteiger partial charge is 0.307 e. The third-order valence-electron chi connectivity index (χ3n) is 3.00. The summed E-state index contributed by atoms with van der Waals surface area (Å²) in [6, 6.07) is 17.3. The number of para-hydroxylation sites is 1. The zero-order valence-corrected chi connectivity index (χ0v) is 11.8. The molecule has 0 aliphatic heterocycles. The van der Waals surface area contributed by atoms with Crippen molar-refractivity contribution in [2.75, 3.05) is 13.2 Å². The maximum Gasteiger partial charge on any atom is 0.307 e. The third kappa shape index (κ3) is 5.67. The second-order valence-corrected chi connectivity index (χ2v) is 4.73. The Bertz CT molecular complexity index is 552. The number of carboxylic acids is 1. The summed E-state index contributed by atoms with van der Waals surface area (Å²) in [6.45, 7) is 2.11. The Morgan fingerprint density at radius 3 is 2.33 bits per heavy atom. The number of aliphatic carboxylic acids is 1. The predicted molar refractivity (Wildman–Crippen MR) is 81.4 cm³/mol. The Balaban J connectivity index is 1.65. The molecule has 0 spiro atoms. The second kappa shape index (κ2) is 8.07. The molecule has 0 aromatic heterocycles. The van der Waals surface area contributed by atoms with Crippen LogP contribution in [0.1, 0.15) is 11.1 Å². The minimum absolute atomic E-state index is 0.0681. The highest BCUT2D eigenvalue weighted by atomic mass is 16.5. The van der Waals surface area contributed by atoms with Crippen molar-refractivity contribution in [2.24, 2.45) is 0 Å². The van der Waals surface area contributed by atoms with E-state index in [1.165, 1.54) is 0 Å². The van der Waals surface area contributed by atoms with Crippen LogP contribution in [0.4, 0.5) is 0 Å². The van der Waals surface area contributed by atoms with Crippen LogP contribution in [0.15, 0.2) is 54.6 Å². The van der Waals surface area contributed by atoms with Gasteiger partial charge in [-0.2, -0.15) is 0 Å². The molecule has 0 unspecified atom stereocenters. The number of rotatable bonds is 8. The normalized spacial score (nSPS) is 10.3. The van der Waals surface area contributed by atoms with Crippen molar-refractivity contribution >= 4 is 5.97 Å². The summed E-state index contributed by atoms with van der Waals surface area (Å²) in [4.78, 5) is 10.6. The predicted octanol–water partition coefficient (Wildman–Crippen LogP) is 2.48. The summed E-state index contributed by atoms with van der Waals surface area (Å²) >= 11 is 0.